The first-order valence-corrected chi connectivity index (χ1v) is 6.69. The second-order valence-corrected chi connectivity index (χ2v) is 4.99. The fourth-order valence-corrected chi connectivity index (χ4v) is 1.98. The molecule has 24 heavy (non-hydrogen) atoms. The van der Waals surface area contributed by atoms with Crippen LogP contribution in [0.25, 0.3) is 0 Å². The average Bonchev–Trinajstić information content (AvgIpc) is 2.52. The molecule has 2 rings (SSSR count). The minimum Gasteiger partial charge on any atom is -0.355 e. The molecule has 1 unspecified atom stereocenters. The third-order valence-electron chi connectivity index (χ3n) is 3.28. The molecule has 0 aliphatic carbocycles. The Morgan fingerprint density at radius 2 is 1.25 bits per heavy atom. The molecule has 0 fully saturated rings. The molecule has 0 amide bonds. The van der Waals surface area contributed by atoms with E-state index < -0.39 is 35.9 Å². The van der Waals surface area contributed by atoms with Crippen LogP contribution in [0, 0.1) is 0 Å². The average molecular weight is 350 g/mol. The van der Waals surface area contributed by atoms with Gasteiger partial charge in [-0.1, -0.05) is 42.5 Å². The number of alkyl halides is 6. The normalized spacial score (nSPS) is 15.1. The standard InChI is InChI=1S/C16H12F6O2/c17-15(18,19)13-8-6-12(7-9-13)14(23,16(20,21)22)24-10-11-4-2-1-3-5-11/h1-9,23H,10H2. The number of ether oxygens (including phenoxy) is 1. The molecule has 1 N–H and O–H groups in total. The van der Waals surface area contributed by atoms with Gasteiger partial charge in [0.1, 0.15) is 0 Å². The molecule has 0 saturated carbocycles. The molecule has 1 atom stereocenters. The van der Waals surface area contributed by atoms with E-state index in [4.69, 9.17) is 0 Å². The monoisotopic (exact) mass is 350 g/mol. The largest absolute Gasteiger partial charge is 0.448 e. The zero-order valence-corrected chi connectivity index (χ0v) is 12.0. The van der Waals surface area contributed by atoms with Gasteiger partial charge >= 0.3 is 12.4 Å². The van der Waals surface area contributed by atoms with E-state index in [9.17, 15) is 31.4 Å². The maximum Gasteiger partial charge on any atom is 0.448 e. The number of rotatable bonds is 4. The van der Waals surface area contributed by atoms with E-state index in [0.717, 1.165) is 0 Å². The summed E-state index contributed by atoms with van der Waals surface area (Å²) in [5.74, 6) is -3.72. The van der Waals surface area contributed by atoms with Gasteiger partial charge in [-0.3, -0.25) is 0 Å². The second kappa shape index (κ2) is 6.45. The molecule has 130 valence electrons. The highest BCUT2D eigenvalue weighted by molar-refractivity contribution is 5.28. The lowest BCUT2D eigenvalue weighted by Gasteiger charge is -2.31. The summed E-state index contributed by atoms with van der Waals surface area (Å²) in [6.45, 7) is -0.572. The first-order chi connectivity index (χ1) is 11.0. The smallest absolute Gasteiger partial charge is 0.355 e. The summed E-state index contributed by atoms with van der Waals surface area (Å²) in [4.78, 5) is 0. The van der Waals surface area contributed by atoms with Crippen LogP contribution in [0.5, 0.6) is 0 Å². The molecule has 0 aliphatic heterocycles. The molecule has 0 spiro atoms. The molecule has 0 radical (unpaired) electrons. The van der Waals surface area contributed by atoms with Crippen molar-refractivity contribution < 1.29 is 36.2 Å². The molecule has 0 aliphatic rings. The summed E-state index contributed by atoms with van der Waals surface area (Å²) < 4.78 is 81.8. The summed E-state index contributed by atoms with van der Waals surface area (Å²) in [6.07, 6.45) is -9.93. The third-order valence-corrected chi connectivity index (χ3v) is 3.28. The van der Waals surface area contributed by atoms with Crippen LogP contribution >= 0.6 is 0 Å². The lowest BCUT2D eigenvalue weighted by atomic mass is 10.0. The highest BCUT2D eigenvalue weighted by Crippen LogP contribution is 2.41. The van der Waals surface area contributed by atoms with Crippen molar-refractivity contribution >= 4 is 0 Å². The van der Waals surface area contributed by atoms with Gasteiger partial charge in [-0.2, -0.15) is 26.3 Å². The summed E-state index contributed by atoms with van der Waals surface area (Å²) >= 11 is 0. The van der Waals surface area contributed by atoms with Gasteiger partial charge in [-0.05, 0) is 17.7 Å². The first kappa shape index (κ1) is 18.3. The van der Waals surface area contributed by atoms with Gasteiger partial charge in [0.25, 0.3) is 5.79 Å². The topological polar surface area (TPSA) is 29.5 Å². The van der Waals surface area contributed by atoms with E-state index in [0.29, 0.717) is 29.8 Å². The Labute approximate surface area is 133 Å². The minimum absolute atomic E-state index is 0.368. The molecular weight excluding hydrogens is 338 g/mol. The Morgan fingerprint density at radius 1 is 0.750 bits per heavy atom. The zero-order valence-electron chi connectivity index (χ0n) is 12.0. The summed E-state index contributed by atoms with van der Waals surface area (Å²) in [6, 6.07) is 9.77. The predicted octanol–water partition coefficient (Wildman–Crippen LogP) is 4.63. The van der Waals surface area contributed by atoms with Gasteiger partial charge < -0.3 is 9.84 Å². The van der Waals surface area contributed by atoms with Gasteiger partial charge in [0.2, 0.25) is 0 Å². The quantitative estimate of drug-likeness (QED) is 0.644. The SMILES string of the molecule is OC(OCc1ccccc1)(c1ccc(C(F)(F)F)cc1)C(F)(F)F. The second-order valence-electron chi connectivity index (χ2n) is 4.99. The van der Waals surface area contributed by atoms with E-state index in [1.165, 1.54) is 12.1 Å². The number of hydrogen-bond donors (Lipinski definition) is 1. The molecule has 0 aromatic heterocycles. The third kappa shape index (κ3) is 3.88. The number of halogens is 6. The van der Waals surface area contributed by atoms with Crippen molar-refractivity contribution in [2.45, 2.75) is 24.7 Å². The summed E-state index contributed by atoms with van der Waals surface area (Å²) in [5.41, 5.74) is -1.59. The van der Waals surface area contributed by atoms with Crippen molar-refractivity contribution in [1.29, 1.82) is 0 Å². The van der Waals surface area contributed by atoms with Crippen LogP contribution in [0.15, 0.2) is 54.6 Å². The molecule has 2 aromatic rings. The van der Waals surface area contributed by atoms with Gasteiger partial charge in [0, 0.05) is 5.56 Å². The van der Waals surface area contributed by atoms with E-state index in [2.05, 4.69) is 4.74 Å². The fourth-order valence-electron chi connectivity index (χ4n) is 1.98. The fraction of sp³-hybridized carbons (Fsp3) is 0.250. The minimum atomic E-state index is -5.23. The number of aliphatic hydroxyl groups is 1. The van der Waals surface area contributed by atoms with Crippen LogP contribution in [0.3, 0.4) is 0 Å². The summed E-state index contributed by atoms with van der Waals surface area (Å²) in [7, 11) is 0. The Balaban J connectivity index is 2.30. The Morgan fingerprint density at radius 3 is 1.71 bits per heavy atom. The molecule has 2 nitrogen and oxygen atoms in total. The van der Waals surface area contributed by atoms with E-state index in [1.54, 1.807) is 18.2 Å². The van der Waals surface area contributed by atoms with E-state index >= 15 is 0 Å². The van der Waals surface area contributed by atoms with Crippen LogP contribution in [-0.2, 0) is 23.3 Å². The van der Waals surface area contributed by atoms with Gasteiger partial charge in [-0.15, -0.1) is 0 Å². The van der Waals surface area contributed by atoms with Gasteiger partial charge in [-0.25, -0.2) is 0 Å². The van der Waals surface area contributed by atoms with E-state index in [-0.39, 0.29) is 0 Å². The van der Waals surface area contributed by atoms with Crippen molar-refractivity contribution in [3.05, 3.63) is 71.3 Å². The predicted molar refractivity (Wildman–Crippen MR) is 72.6 cm³/mol. The maximum absolute atomic E-state index is 13.2. The highest BCUT2D eigenvalue weighted by atomic mass is 19.4. The number of hydrogen-bond acceptors (Lipinski definition) is 2. The Kier molecular flexibility index (Phi) is 4.91. The van der Waals surface area contributed by atoms with Gasteiger partial charge in [0.15, 0.2) is 0 Å². The maximum atomic E-state index is 13.2. The zero-order chi connectivity index (χ0) is 18.0. The highest BCUT2D eigenvalue weighted by Gasteiger charge is 2.57. The Bertz CT molecular complexity index is 664. The lowest BCUT2D eigenvalue weighted by molar-refractivity contribution is -0.379. The van der Waals surface area contributed by atoms with Crippen molar-refractivity contribution in [3.8, 4) is 0 Å². The summed E-state index contributed by atoms with van der Waals surface area (Å²) in [5, 5.41) is 9.95. The van der Waals surface area contributed by atoms with Crippen LogP contribution in [0.1, 0.15) is 16.7 Å². The van der Waals surface area contributed by atoms with Crippen LogP contribution in [0.2, 0.25) is 0 Å². The molecule has 2 aromatic carbocycles. The lowest BCUT2D eigenvalue weighted by Crippen LogP contribution is -2.44. The van der Waals surface area contributed by atoms with Crippen LogP contribution in [-0.4, -0.2) is 11.3 Å². The molecule has 0 bridgehead atoms. The van der Waals surface area contributed by atoms with Crippen LogP contribution < -0.4 is 0 Å². The van der Waals surface area contributed by atoms with Gasteiger partial charge in [0.05, 0.1) is 12.2 Å². The first-order valence-electron chi connectivity index (χ1n) is 6.69. The molecular formula is C16H12F6O2. The molecule has 0 saturated heterocycles. The number of benzene rings is 2. The van der Waals surface area contributed by atoms with Crippen LogP contribution in [0.4, 0.5) is 26.3 Å². The van der Waals surface area contributed by atoms with E-state index in [1.807, 2.05) is 0 Å². The molecule has 8 heteroatoms. The van der Waals surface area contributed by atoms with Crippen molar-refractivity contribution in [3.63, 3.8) is 0 Å². The molecule has 0 heterocycles. The van der Waals surface area contributed by atoms with Crippen molar-refractivity contribution in [2.24, 2.45) is 0 Å². The van der Waals surface area contributed by atoms with Crippen molar-refractivity contribution in [1.82, 2.24) is 0 Å². The van der Waals surface area contributed by atoms with Crippen molar-refractivity contribution in [2.75, 3.05) is 0 Å². The Hall–Kier alpha value is -2.06.